The molecule has 0 unspecified atom stereocenters. The third-order valence-corrected chi connectivity index (χ3v) is 9.14. The largest absolute Gasteiger partial charge is 0.379 e. The smallest absolute Gasteiger partial charge is 0.243 e. The number of ketones is 1. The third kappa shape index (κ3) is 6.32. The topological polar surface area (TPSA) is 123 Å². The Morgan fingerprint density at radius 1 is 1.11 bits per heavy atom. The van der Waals surface area contributed by atoms with Gasteiger partial charge in [0.25, 0.3) is 0 Å². The van der Waals surface area contributed by atoms with Crippen LogP contribution in [0.3, 0.4) is 0 Å². The predicted octanol–water partition coefficient (Wildman–Crippen LogP) is 3.87. The van der Waals surface area contributed by atoms with Gasteiger partial charge in [-0.3, -0.25) is 14.2 Å². The van der Waals surface area contributed by atoms with E-state index in [9.17, 15) is 18.0 Å². The van der Waals surface area contributed by atoms with Crippen LogP contribution in [0.5, 0.6) is 0 Å². The highest BCUT2D eigenvalue weighted by molar-refractivity contribution is 7.99. The van der Waals surface area contributed by atoms with E-state index in [0.29, 0.717) is 54.1 Å². The average molecular weight is 558 g/mol. The summed E-state index contributed by atoms with van der Waals surface area (Å²) in [6.07, 6.45) is 0.791. The molecular weight excluding hydrogens is 526 g/mol. The van der Waals surface area contributed by atoms with Crippen LogP contribution in [0.4, 0.5) is 5.69 Å². The van der Waals surface area contributed by atoms with Crippen LogP contribution in [0.1, 0.15) is 43.6 Å². The summed E-state index contributed by atoms with van der Waals surface area (Å²) < 4.78 is 35.1. The number of nitrogens with one attached hydrogen (secondary N) is 1. The summed E-state index contributed by atoms with van der Waals surface area (Å²) in [6, 6.07) is 13.5. The Bertz CT molecular complexity index is 1400. The molecule has 1 N–H and O–H groups in total. The van der Waals surface area contributed by atoms with E-state index in [0.717, 1.165) is 6.42 Å². The molecule has 0 bridgehead atoms. The van der Waals surface area contributed by atoms with E-state index in [2.05, 4.69) is 15.5 Å². The zero-order valence-corrected chi connectivity index (χ0v) is 23.2. The van der Waals surface area contributed by atoms with Gasteiger partial charge in [-0.15, -0.1) is 10.2 Å². The highest BCUT2D eigenvalue weighted by Crippen LogP contribution is 2.31. The van der Waals surface area contributed by atoms with Crippen molar-refractivity contribution in [3.8, 4) is 11.4 Å². The molecule has 0 saturated carbocycles. The molecule has 2 heterocycles. The molecule has 0 aliphatic carbocycles. The molecule has 1 atom stereocenters. The molecule has 4 rings (SSSR count). The van der Waals surface area contributed by atoms with E-state index in [4.69, 9.17) is 4.74 Å². The first-order valence-corrected chi connectivity index (χ1v) is 14.8. The van der Waals surface area contributed by atoms with Crippen LogP contribution in [0.25, 0.3) is 11.4 Å². The molecule has 10 nitrogen and oxygen atoms in total. The van der Waals surface area contributed by atoms with Gasteiger partial charge in [-0.1, -0.05) is 30.8 Å². The lowest BCUT2D eigenvalue weighted by molar-refractivity contribution is -0.113. The van der Waals surface area contributed by atoms with Crippen LogP contribution in [0.2, 0.25) is 0 Å². The van der Waals surface area contributed by atoms with Crippen LogP contribution < -0.4 is 5.32 Å². The van der Waals surface area contributed by atoms with E-state index < -0.39 is 10.0 Å². The molecule has 3 aromatic rings. The van der Waals surface area contributed by atoms with Crippen molar-refractivity contribution in [3.63, 3.8) is 0 Å². The lowest BCUT2D eigenvalue weighted by atomic mass is 10.1. The normalized spacial score (nSPS) is 15.2. The molecule has 1 aliphatic heterocycles. The number of hydrogen-bond acceptors (Lipinski definition) is 8. The maximum Gasteiger partial charge on any atom is 0.243 e. The Labute approximate surface area is 226 Å². The van der Waals surface area contributed by atoms with Gasteiger partial charge >= 0.3 is 0 Å². The molecule has 0 radical (unpaired) electrons. The fourth-order valence-corrected chi connectivity index (χ4v) is 6.29. The second-order valence-corrected chi connectivity index (χ2v) is 11.8. The number of sulfonamides is 1. The molecular formula is C26H31N5O5S2. The molecule has 0 spiro atoms. The fraction of sp³-hybridized carbons (Fsp3) is 0.385. The number of rotatable bonds is 10. The summed E-state index contributed by atoms with van der Waals surface area (Å²) >= 11 is 1.26. The SMILES string of the molecule is CC[C@@H](C)n1c(SCC(=O)Nc2ccc(C(C)=O)cc2)nnc1-c1cccc(S(=O)(=O)N2CCOCC2)c1. The van der Waals surface area contributed by atoms with Crippen molar-refractivity contribution in [2.24, 2.45) is 0 Å². The quantitative estimate of drug-likeness (QED) is 0.294. The lowest BCUT2D eigenvalue weighted by Gasteiger charge is -2.26. The van der Waals surface area contributed by atoms with Crippen molar-refractivity contribution in [1.29, 1.82) is 0 Å². The molecule has 1 saturated heterocycles. The Balaban J connectivity index is 1.53. The van der Waals surface area contributed by atoms with Gasteiger partial charge in [-0.05, 0) is 56.7 Å². The average Bonchev–Trinajstić information content (AvgIpc) is 3.36. The van der Waals surface area contributed by atoms with Gasteiger partial charge in [-0.25, -0.2) is 8.42 Å². The number of aromatic nitrogens is 3. The minimum atomic E-state index is -3.66. The number of anilines is 1. The number of thioether (sulfide) groups is 1. The van der Waals surface area contributed by atoms with Crippen LogP contribution in [-0.2, 0) is 19.6 Å². The monoisotopic (exact) mass is 557 g/mol. The number of morpholine rings is 1. The van der Waals surface area contributed by atoms with Crippen molar-refractivity contribution >= 4 is 39.2 Å². The third-order valence-electron chi connectivity index (χ3n) is 6.30. The van der Waals surface area contributed by atoms with Crippen LogP contribution in [-0.4, -0.2) is 71.2 Å². The standard InChI is InChI=1S/C26H31N5O5S2/c1-4-18(2)31-25(21-6-5-7-23(16-21)38(34,35)30-12-14-36-15-13-30)28-29-26(31)37-17-24(33)27-22-10-8-20(9-11-22)19(3)32/h5-11,16,18H,4,12-15,17H2,1-3H3,(H,27,33)/t18-/m1/s1. The number of Topliss-reactive ketones (excluding diaryl/α,β-unsaturated/α-hetero) is 1. The first-order valence-electron chi connectivity index (χ1n) is 12.4. The minimum absolute atomic E-state index is 0.0178. The highest BCUT2D eigenvalue weighted by Gasteiger charge is 2.27. The van der Waals surface area contributed by atoms with E-state index in [1.807, 2.05) is 24.5 Å². The van der Waals surface area contributed by atoms with Gasteiger partial charge in [0.2, 0.25) is 15.9 Å². The summed E-state index contributed by atoms with van der Waals surface area (Å²) in [6.45, 7) is 6.95. The zero-order chi connectivity index (χ0) is 27.3. The van der Waals surface area contributed by atoms with Gasteiger partial charge in [0.15, 0.2) is 16.8 Å². The van der Waals surface area contributed by atoms with Crippen LogP contribution in [0, 0.1) is 0 Å². The number of amides is 1. The maximum absolute atomic E-state index is 13.2. The number of carbonyl (C=O) groups excluding carboxylic acids is 2. The van der Waals surface area contributed by atoms with Crippen LogP contribution >= 0.6 is 11.8 Å². The molecule has 1 aromatic heterocycles. The van der Waals surface area contributed by atoms with Gasteiger partial charge in [0.05, 0.1) is 23.9 Å². The van der Waals surface area contributed by atoms with Crippen molar-refractivity contribution in [2.45, 2.75) is 43.3 Å². The first-order chi connectivity index (χ1) is 18.2. The lowest BCUT2D eigenvalue weighted by Crippen LogP contribution is -2.40. The molecule has 202 valence electrons. The van der Waals surface area contributed by atoms with E-state index in [1.165, 1.54) is 23.0 Å². The van der Waals surface area contributed by atoms with Crippen molar-refractivity contribution < 1.29 is 22.7 Å². The number of benzene rings is 2. The van der Waals surface area contributed by atoms with Gasteiger partial charge in [0.1, 0.15) is 0 Å². The number of ether oxygens (including phenoxy) is 1. The van der Waals surface area contributed by atoms with Crippen LogP contribution in [0.15, 0.2) is 58.6 Å². The fourth-order valence-electron chi connectivity index (χ4n) is 4.00. The van der Waals surface area contributed by atoms with E-state index >= 15 is 0 Å². The van der Waals surface area contributed by atoms with Gasteiger partial charge in [0, 0.05) is 35.9 Å². The van der Waals surface area contributed by atoms with E-state index in [1.54, 1.807) is 42.5 Å². The molecule has 1 aliphatic rings. The summed E-state index contributed by atoms with van der Waals surface area (Å²) in [5.74, 6) is 0.391. The summed E-state index contributed by atoms with van der Waals surface area (Å²) in [7, 11) is -3.66. The highest BCUT2D eigenvalue weighted by atomic mass is 32.2. The summed E-state index contributed by atoms with van der Waals surface area (Å²) in [5.41, 5.74) is 1.81. The second kappa shape index (κ2) is 12.2. The molecule has 1 amide bonds. The van der Waals surface area contributed by atoms with Gasteiger partial charge < -0.3 is 10.1 Å². The Morgan fingerprint density at radius 3 is 2.47 bits per heavy atom. The van der Waals surface area contributed by atoms with E-state index in [-0.39, 0.29) is 28.4 Å². The van der Waals surface area contributed by atoms with Crippen molar-refractivity contribution in [3.05, 3.63) is 54.1 Å². The Kier molecular flexibility index (Phi) is 8.98. The zero-order valence-electron chi connectivity index (χ0n) is 21.6. The van der Waals surface area contributed by atoms with Crippen molar-refractivity contribution in [1.82, 2.24) is 19.1 Å². The second-order valence-electron chi connectivity index (χ2n) is 8.95. The van der Waals surface area contributed by atoms with Gasteiger partial charge in [-0.2, -0.15) is 4.31 Å². The molecule has 12 heteroatoms. The summed E-state index contributed by atoms with van der Waals surface area (Å²) in [4.78, 5) is 24.2. The first kappa shape index (κ1) is 28.0. The number of carbonyl (C=O) groups is 2. The molecule has 2 aromatic carbocycles. The molecule has 38 heavy (non-hydrogen) atoms. The number of nitrogens with zero attached hydrogens (tertiary/aromatic N) is 4. The summed E-state index contributed by atoms with van der Waals surface area (Å²) in [5, 5.41) is 12.1. The van der Waals surface area contributed by atoms with Crippen molar-refractivity contribution in [2.75, 3.05) is 37.4 Å². The Morgan fingerprint density at radius 2 is 1.82 bits per heavy atom. The Hall–Kier alpha value is -3.06. The molecule has 1 fully saturated rings. The minimum Gasteiger partial charge on any atom is -0.379 e. The maximum atomic E-state index is 13.2. The number of hydrogen-bond donors (Lipinski definition) is 1. The predicted molar refractivity (Wildman–Crippen MR) is 146 cm³/mol.